The van der Waals surface area contributed by atoms with Crippen molar-refractivity contribution in [2.24, 2.45) is 0 Å². The second kappa shape index (κ2) is 8.75. The Hall–Kier alpha value is -3.72. The van der Waals surface area contributed by atoms with Gasteiger partial charge in [-0.2, -0.15) is 5.10 Å². The van der Waals surface area contributed by atoms with Crippen molar-refractivity contribution in [2.75, 3.05) is 5.32 Å². The molecule has 1 N–H and O–H groups in total. The van der Waals surface area contributed by atoms with Crippen LogP contribution in [0.25, 0.3) is 5.69 Å². The van der Waals surface area contributed by atoms with Gasteiger partial charge in [0.25, 0.3) is 11.6 Å². The number of benzene rings is 2. The third-order valence-electron chi connectivity index (χ3n) is 4.22. The fourth-order valence-corrected chi connectivity index (χ4v) is 3.07. The lowest BCUT2D eigenvalue weighted by Crippen LogP contribution is -2.30. The molecule has 3 aromatic rings. The van der Waals surface area contributed by atoms with Crippen molar-refractivity contribution in [3.05, 3.63) is 81.1 Å². The largest absolute Gasteiger partial charge is 0.449 e. The fourth-order valence-electron chi connectivity index (χ4n) is 2.72. The fraction of sp³-hybridized carbons (Fsp3) is 0.150. The second-order valence-electron chi connectivity index (χ2n) is 6.31. The number of esters is 1. The van der Waals surface area contributed by atoms with Crippen LogP contribution in [-0.4, -0.2) is 32.7 Å². The van der Waals surface area contributed by atoms with Crippen LogP contribution in [0.3, 0.4) is 0 Å². The first-order chi connectivity index (χ1) is 14.3. The van der Waals surface area contributed by atoms with E-state index in [1.54, 1.807) is 37.3 Å². The Morgan fingerprint density at radius 3 is 2.47 bits per heavy atom. The number of nitro benzene ring substituents is 1. The average molecular weight is 429 g/mol. The monoisotopic (exact) mass is 428 g/mol. The molecule has 0 saturated carbocycles. The van der Waals surface area contributed by atoms with Crippen LogP contribution < -0.4 is 5.32 Å². The van der Waals surface area contributed by atoms with Crippen LogP contribution in [0.2, 0.25) is 5.15 Å². The molecule has 9 nitrogen and oxygen atoms in total. The van der Waals surface area contributed by atoms with Gasteiger partial charge < -0.3 is 10.1 Å². The molecule has 0 aliphatic heterocycles. The van der Waals surface area contributed by atoms with Crippen molar-refractivity contribution in [1.29, 1.82) is 0 Å². The van der Waals surface area contributed by atoms with E-state index in [-0.39, 0.29) is 22.1 Å². The average Bonchev–Trinajstić information content (AvgIpc) is 3.02. The van der Waals surface area contributed by atoms with Crippen molar-refractivity contribution in [1.82, 2.24) is 9.78 Å². The van der Waals surface area contributed by atoms with Crippen LogP contribution in [0.4, 0.5) is 11.4 Å². The highest BCUT2D eigenvalue weighted by molar-refractivity contribution is 6.33. The van der Waals surface area contributed by atoms with Gasteiger partial charge in [0.2, 0.25) is 0 Å². The SMILES string of the molecule is Cc1nn(-c2ccccc2)c(Cl)c1C(=O)OC(C)C(=O)Nc1ccccc1[N+](=O)[O-]. The lowest BCUT2D eigenvalue weighted by molar-refractivity contribution is -0.383. The first-order valence-corrected chi connectivity index (χ1v) is 9.23. The number of nitro groups is 1. The lowest BCUT2D eigenvalue weighted by atomic mass is 10.2. The number of ether oxygens (including phenoxy) is 1. The Morgan fingerprint density at radius 1 is 1.17 bits per heavy atom. The smallest absolute Gasteiger partial charge is 0.344 e. The number of halogens is 1. The van der Waals surface area contributed by atoms with Gasteiger partial charge in [-0.3, -0.25) is 14.9 Å². The third kappa shape index (κ3) is 4.31. The van der Waals surface area contributed by atoms with E-state index in [1.165, 1.54) is 29.8 Å². The number of carbonyl (C=O) groups is 2. The molecule has 2 aromatic carbocycles. The molecular weight excluding hydrogens is 412 g/mol. The van der Waals surface area contributed by atoms with E-state index in [1.807, 2.05) is 6.07 Å². The normalized spacial score (nSPS) is 11.6. The first-order valence-electron chi connectivity index (χ1n) is 8.85. The molecule has 1 amide bonds. The summed E-state index contributed by atoms with van der Waals surface area (Å²) in [5.41, 5.74) is 0.756. The van der Waals surface area contributed by atoms with Crippen molar-refractivity contribution in [2.45, 2.75) is 20.0 Å². The molecule has 1 unspecified atom stereocenters. The highest BCUT2D eigenvalue weighted by Gasteiger charge is 2.27. The summed E-state index contributed by atoms with van der Waals surface area (Å²) >= 11 is 6.33. The number of amides is 1. The van der Waals surface area contributed by atoms with Gasteiger partial charge in [0.05, 0.1) is 16.3 Å². The number of rotatable bonds is 6. The zero-order chi connectivity index (χ0) is 21.8. The Morgan fingerprint density at radius 2 is 1.80 bits per heavy atom. The maximum atomic E-state index is 12.6. The molecule has 0 bridgehead atoms. The minimum Gasteiger partial charge on any atom is -0.449 e. The molecule has 0 spiro atoms. The van der Waals surface area contributed by atoms with Crippen molar-refractivity contribution < 1.29 is 19.2 Å². The topological polar surface area (TPSA) is 116 Å². The van der Waals surface area contributed by atoms with Crippen LogP contribution in [0.15, 0.2) is 54.6 Å². The van der Waals surface area contributed by atoms with Crippen LogP contribution in [0, 0.1) is 17.0 Å². The highest BCUT2D eigenvalue weighted by atomic mass is 35.5. The summed E-state index contributed by atoms with van der Waals surface area (Å²) in [5, 5.41) is 17.8. The van der Waals surface area contributed by atoms with Crippen LogP contribution in [0.1, 0.15) is 23.0 Å². The molecule has 1 aromatic heterocycles. The van der Waals surface area contributed by atoms with Gasteiger partial charge in [-0.15, -0.1) is 0 Å². The zero-order valence-corrected chi connectivity index (χ0v) is 16.8. The summed E-state index contributed by atoms with van der Waals surface area (Å²) in [6.07, 6.45) is -1.23. The summed E-state index contributed by atoms with van der Waals surface area (Å²) in [6.45, 7) is 2.95. The maximum Gasteiger partial charge on any atom is 0.344 e. The number of nitrogens with one attached hydrogen (secondary N) is 1. The summed E-state index contributed by atoms with van der Waals surface area (Å²) in [4.78, 5) is 35.5. The van der Waals surface area contributed by atoms with Crippen LogP contribution in [-0.2, 0) is 9.53 Å². The number of aryl methyl sites for hydroxylation is 1. The van der Waals surface area contributed by atoms with Gasteiger partial charge in [-0.1, -0.05) is 41.9 Å². The van der Waals surface area contributed by atoms with E-state index in [0.29, 0.717) is 11.4 Å². The molecule has 0 radical (unpaired) electrons. The minimum absolute atomic E-state index is 0.00140. The molecular formula is C20H17ClN4O5. The molecule has 0 saturated heterocycles. The lowest BCUT2D eigenvalue weighted by Gasteiger charge is -2.13. The molecule has 0 fully saturated rings. The van der Waals surface area contributed by atoms with E-state index in [4.69, 9.17) is 16.3 Å². The molecule has 10 heteroatoms. The van der Waals surface area contributed by atoms with E-state index >= 15 is 0 Å². The maximum absolute atomic E-state index is 12.6. The molecule has 154 valence electrons. The van der Waals surface area contributed by atoms with Crippen molar-refractivity contribution in [3.8, 4) is 5.69 Å². The molecule has 0 aliphatic carbocycles. The van der Waals surface area contributed by atoms with Crippen LogP contribution in [0.5, 0.6) is 0 Å². The Labute approximate surface area is 176 Å². The molecule has 3 rings (SSSR count). The Kier molecular flexibility index (Phi) is 6.12. The summed E-state index contributed by atoms with van der Waals surface area (Å²) in [7, 11) is 0. The number of para-hydroxylation sites is 3. The van der Waals surface area contributed by atoms with Gasteiger partial charge in [0.1, 0.15) is 16.4 Å². The summed E-state index contributed by atoms with van der Waals surface area (Å²) in [6, 6.07) is 14.6. The van der Waals surface area contributed by atoms with Gasteiger partial charge in [0, 0.05) is 6.07 Å². The number of anilines is 1. The predicted octanol–water partition coefficient (Wildman–Crippen LogP) is 3.93. The second-order valence-corrected chi connectivity index (χ2v) is 6.67. The molecule has 1 atom stereocenters. The number of hydrogen-bond acceptors (Lipinski definition) is 6. The third-order valence-corrected chi connectivity index (χ3v) is 4.57. The van der Waals surface area contributed by atoms with Crippen molar-refractivity contribution >= 4 is 34.9 Å². The van der Waals surface area contributed by atoms with Crippen LogP contribution >= 0.6 is 11.6 Å². The summed E-state index contributed by atoms with van der Waals surface area (Å²) in [5.74, 6) is -1.55. The molecule has 0 aliphatic rings. The van der Waals surface area contributed by atoms with E-state index in [9.17, 15) is 19.7 Å². The first kappa shape index (κ1) is 21.0. The van der Waals surface area contributed by atoms with Gasteiger partial charge >= 0.3 is 5.97 Å². The van der Waals surface area contributed by atoms with E-state index in [2.05, 4.69) is 10.4 Å². The van der Waals surface area contributed by atoms with Crippen molar-refractivity contribution in [3.63, 3.8) is 0 Å². The zero-order valence-electron chi connectivity index (χ0n) is 16.0. The molecule has 1 heterocycles. The Bertz CT molecular complexity index is 1110. The van der Waals surface area contributed by atoms with E-state index < -0.39 is 22.9 Å². The summed E-state index contributed by atoms with van der Waals surface area (Å²) < 4.78 is 6.62. The number of hydrogen-bond donors (Lipinski definition) is 1. The number of nitrogens with zero attached hydrogens (tertiary/aromatic N) is 3. The number of aromatic nitrogens is 2. The van der Waals surface area contributed by atoms with Gasteiger partial charge in [-0.25, -0.2) is 9.48 Å². The standard InChI is InChI=1S/C20H17ClN4O5/c1-12-17(18(21)24(23-12)14-8-4-3-5-9-14)20(27)30-13(2)19(26)22-15-10-6-7-11-16(15)25(28)29/h3-11,13H,1-2H3,(H,22,26). The number of carbonyl (C=O) groups excluding carboxylic acids is 2. The quantitative estimate of drug-likeness (QED) is 0.361. The van der Waals surface area contributed by atoms with E-state index in [0.717, 1.165) is 0 Å². The molecule has 30 heavy (non-hydrogen) atoms. The highest BCUT2D eigenvalue weighted by Crippen LogP contribution is 2.26. The van der Waals surface area contributed by atoms with Gasteiger partial charge in [0.15, 0.2) is 6.10 Å². The van der Waals surface area contributed by atoms with Gasteiger partial charge in [-0.05, 0) is 32.0 Å². The predicted molar refractivity (Wildman–Crippen MR) is 110 cm³/mol. The minimum atomic E-state index is -1.23. The Balaban J connectivity index is 1.76.